The number of benzene rings is 1. The molecule has 21 heavy (non-hydrogen) atoms. The van der Waals surface area contributed by atoms with E-state index in [0.29, 0.717) is 11.2 Å². The monoisotopic (exact) mass is 277 g/mol. The second-order valence-corrected chi connectivity index (χ2v) is 5.22. The highest BCUT2D eigenvalue weighted by molar-refractivity contribution is 5.64. The van der Waals surface area contributed by atoms with Crippen molar-refractivity contribution >= 4 is 5.65 Å². The minimum atomic E-state index is 0.489. The van der Waals surface area contributed by atoms with Crippen molar-refractivity contribution in [2.45, 2.75) is 6.54 Å². The molecule has 0 saturated heterocycles. The lowest BCUT2D eigenvalue weighted by Crippen LogP contribution is -2.10. The van der Waals surface area contributed by atoms with Crippen molar-refractivity contribution in [3.63, 3.8) is 0 Å². The summed E-state index contributed by atoms with van der Waals surface area (Å²) in [5, 5.41) is 13.1. The largest absolute Gasteiger partial charge is 0.305 e. The summed E-state index contributed by atoms with van der Waals surface area (Å²) in [6, 6.07) is 10.5. The van der Waals surface area contributed by atoms with Gasteiger partial charge in [-0.25, -0.2) is 9.50 Å². The lowest BCUT2D eigenvalue weighted by atomic mass is 10.1. The van der Waals surface area contributed by atoms with Crippen molar-refractivity contribution in [1.82, 2.24) is 19.5 Å². The Labute approximate surface area is 123 Å². The molecule has 3 aromatic rings. The lowest BCUT2D eigenvalue weighted by molar-refractivity contribution is 0.402. The van der Waals surface area contributed by atoms with Crippen LogP contribution in [0.15, 0.2) is 42.9 Å². The van der Waals surface area contributed by atoms with Crippen molar-refractivity contribution in [3.05, 3.63) is 54.0 Å². The molecular weight excluding hydrogens is 262 g/mol. The van der Waals surface area contributed by atoms with Crippen LogP contribution in [0.1, 0.15) is 11.1 Å². The second kappa shape index (κ2) is 5.35. The van der Waals surface area contributed by atoms with Gasteiger partial charge in [0.15, 0.2) is 5.65 Å². The van der Waals surface area contributed by atoms with Gasteiger partial charge in [-0.1, -0.05) is 24.3 Å². The average molecular weight is 277 g/mol. The Morgan fingerprint density at radius 2 is 1.90 bits per heavy atom. The van der Waals surface area contributed by atoms with Gasteiger partial charge in [0.05, 0.1) is 6.20 Å². The van der Waals surface area contributed by atoms with Gasteiger partial charge in [-0.15, -0.1) is 0 Å². The number of hydrogen-bond donors (Lipinski definition) is 0. The molecule has 0 bridgehead atoms. The molecule has 5 heteroatoms. The maximum absolute atomic E-state index is 8.97. The Morgan fingerprint density at radius 3 is 2.57 bits per heavy atom. The molecule has 0 aliphatic heterocycles. The van der Waals surface area contributed by atoms with E-state index < -0.39 is 0 Å². The van der Waals surface area contributed by atoms with Crippen LogP contribution in [0.25, 0.3) is 16.8 Å². The maximum Gasteiger partial charge on any atom is 0.172 e. The standard InChI is InChI=1S/C16H15N5/c1-20(2)10-12-3-5-13(6-4-12)15-8-18-16-14(7-17)9-19-21(16)11-15/h3-6,8-9,11H,10H2,1-2H3. The summed E-state index contributed by atoms with van der Waals surface area (Å²) in [4.78, 5) is 6.46. The molecule has 0 aliphatic carbocycles. The molecule has 2 aromatic heterocycles. The highest BCUT2D eigenvalue weighted by Crippen LogP contribution is 2.20. The molecule has 2 heterocycles. The summed E-state index contributed by atoms with van der Waals surface area (Å²) in [5.41, 5.74) is 4.41. The normalized spacial score (nSPS) is 11.0. The van der Waals surface area contributed by atoms with Crippen LogP contribution in [-0.4, -0.2) is 33.6 Å². The van der Waals surface area contributed by atoms with E-state index in [2.05, 4.69) is 59.4 Å². The van der Waals surface area contributed by atoms with Gasteiger partial charge in [0.2, 0.25) is 0 Å². The van der Waals surface area contributed by atoms with Gasteiger partial charge in [0.1, 0.15) is 11.6 Å². The van der Waals surface area contributed by atoms with Crippen LogP contribution >= 0.6 is 0 Å². The predicted molar refractivity (Wildman–Crippen MR) is 80.5 cm³/mol. The minimum absolute atomic E-state index is 0.489. The smallest absolute Gasteiger partial charge is 0.172 e. The number of aromatic nitrogens is 3. The zero-order chi connectivity index (χ0) is 14.8. The first-order valence-corrected chi connectivity index (χ1v) is 6.65. The number of fused-ring (bicyclic) bond motifs is 1. The molecule has 0 radical (unpaired) electrons. The molecule has 3 rings (SSSR count). The zero-order valence-corrected chi connectivity index (χ0v) is 12.0. The Kier molecular flexibility index (Phi) is 3.38. The van der Waals surface area contributed by atoms with Crippen LogP contribution in [0.3, 0.4) is 0 Å². The van der Waals surface area contributed by atoms with E-state index in [-0.39, 0.29) is 0 Å². The fourth-order valence-corrected chi connectivity index (χ4v) is 2.27. The third-order valence-electron chi connectivity index (χ3n) is 3.26. The van der Waals surface area contributed by atoms with Crippen LogP contribution in [0.5, 0.6) is 0 Å². The molecule has 0 saturated carbocycles. The third-order valence-corrected chi connectivity index (χ3v) is 3.26. The van der Waals surface area contributed by atoms with E-state index in [1.165, 1.54) is 11.8 Å². The highest BCUT2D eigenvalue weighted by atomic mass is 15.2. The van der Waals surface area contributed by atoms with Crippen LogP contribution in [0, 0.1) is 11.3 Å². The fraction of sp³-hybridized carbons (Fsp3) is 0.188. The van der Waals surface area contributed by atoms with Gasteiger partial charge < -0.3 is 4.90 Å². The predicted octanol–water partition coefficient (Wildman–Crippen LogP) is 2.33. The Morgan fingerprint density at radius 1 is 1.14 bits per heavy atom. The second-order valence-electron chi connectivity index (χ2n) is 5.22. The van der Waals surface area contributed by atoms with E-state index in [1.807, 2.05) is 6.20 Å². The lowest BCUT2D eigenvalue weighted by Gasteiger charge is -2.10. The first-order valence-electron chi connectivity index (χ1n) is 6.65. The molecule has 0 N–H and O–H groups in total. The SMILES string of the molecule is CN(C)Cc1ccc(-c2cnc3c(C#N)cnn3c2)cc1. The van der Waals surface area contributed by atoms with Crippen molar-refractivity contribution < 1.29 is 0 Å². The summed E-state index contributed by atoms with van der Waals surface area (Å²) in [6.45, 7) is 0.919. The molecule has 104 valence electrons. The van der Waals surface area contributed by atoms with Crippen LogP contribution in [0.4, 0.5) is 0 Å². The molecule has 0 spiro atoms. The Balaban J connectivity index is 1.95. The molecule has 5 nitrogen and oxygen atoms in total. The molecule has 0 atom stereocenters. The topological polar surface area (TPSA) is 57.2 Å². The summed E-state index contributed by atoms with van der Waals surface area (Å²) in [5.74, 6) is 0. The Bertz CT molecular complexity index is 809. The highest BCUT2D eigenvalue weighted by Gasteiger charge is 2.06. The average Bonchev–Trinajstić information content (AvgIpc) is 2.89. The number of rotatable bonds is 3. The molecule has 0 amide bonds. The molecular formula is C16H15N5. The fourth-order valence-electron chi connectivity index (χ4n) is 2.27. The maximum atomic E-state index is 8.97. The third kappa shape index (κ3) is 2.62. The van der Waals surface area contributed by atoms with Gasteiger partial charge in [-0.2, -0.15) is 10.4 Å². The van der Waals surface area contributed by atoms with Crippen LogP contribution < -0.4 is 0 Å². The van der Waals surface area contributed by atoms with Crippen LogP contribution in [-0.2, 0) is 6.54 Å². The van der Waals surface area contributed by atoms with E-state index in [4.69, 9.17) is 5.26 Å². The van der Waals surface area contributed by atoms with Gasteiger partial charge in [-0.3, -0.25) is 0 Å². The first kappa shape index (κ1) is 13.3. The van der Waals surface area contributed by atoms with Gasteiger partial charge in [0.25, 0.3) is 0 Å². The van der Waals surface area contributed by atoms with Crippen molar-refractivity contribution in [2.24, 2.45) is 0 Å². The quantitative estimate of drug-likeness (QED) is 0.737. The number of nitrogens with zero attached hydrogens (tertiary/aromatic N) is 5. The van der Waals surface area contributed by atoms with Crippen molar-refractivity contribution in [1.29, 1.82) is 5.26 Å². The van der Waals surface area contributed by atoms with Crippen molar-refractivity contribution in [3.8, 4) is 17.2 Å². The van der Waals surface area contributed by atoms with Gasteiger partial charge in [0, 0.05) is 24.5 Å². The van der Waals surface area contributed by atoms with E-state index in [0.717, 1.165) is 17.7 Å². The van der Waals surface area contributed by atoms with Gasteiger partial charge in [-0.05, 0) is 25.2 Å². The number of nitriles is 1. The Hall–Kier alpha value is -2.71. The molecule has 0 aliphatic rings. The first-order chi connectivity index (χ1) is 10.2. The zero-order valence-electron chi connectivity index (χ0n) is 12.0. The summed E-state index contributed by atoms with van der Waals surface area (Å²) in [6.07, 6.45) is 5.20. The summed E-state index contributed by atoms with van der Waals surface area (Å²) in [7, 11) is 4.10. The van der Waals surface area contributed by atoms with E-state index in [1.54, 1.807) is 10.7 Å². The molecule has 0 fully saturated rings. The summed E-state index contributed by atoms with van der Waals surface area (Å²) < 4.78 is 1.64. The number of hydrogen-bond acceptors (Lipinski definition) is 4. The van der Waals surface area contributed by atoms with Crippen molar-refractivity contribution in [2.75, 3.05) is 14.1 Å². The van der Waals surface area contributed by atoms with Gasteiger partial charge >= 0.3 is 0 Å². The summed E-state index contributed by atoms with van der Waals surface area (Å²) >= 11 is 0. The molecule has 1 aromatic carbocycles. The van der Waals surface area contributed by atoms with E-state index >= 15 is 0 Å². The minimum Gasteiger partial charge on any atom is -0.305 e. The van der Waals surface area contributed by atoms with Crippen LogP contribution in [0.2, 0.25) is 0 Å². The molecule has 0 unspecified atom stereocenters. The van der Waals surface area contributed by atoms with E-state index in [9.17, 15) is 0 Å².